The molecule has 2 heterocycles. The van der Waals surface area contributed by atoms with Crippen molar-refractivity contribution in [1.29, 1.82) is 0 Å². The molecule has 3 aromatic rings. The molecule has 0 aliphatic carbocycles. The molecule has 1 aromatic heterocycles. The summed E-state index contributed by atoms with van der Waals surface area (Å²) in [6, 6.07) is 13.5. The third-order valence-corrected chi connectivity index (χ3v) is 6.00. The van der Waals surface area contributed by atoms with Crippen molar-refractivity contribution in [3.05, 3.63) is 71.3 Å². The Morgan fingerprint density at radius 3 is 2.59 bits per heavy atom. The fourth-order valence-electron chi connectivity index (χ4n) is 3.25. The lowest BCUT2D eigenvalue weighted by molar-refractivity contribution is -0.116. The van der Waals surface area contributed by atoms with Crippen LogP contribution < -0.4 is 10.7 Å². The minimum atomic E-state index is -0.493. The molecule has 0 saturated carbocycles. The number of hydrogen-bond acceptors (Lipinski definition) is 5. The number of fused-ring (bicyclic) bond motifs is 1. The molecule has 8 heteroatoms. The molecule has 1 amide bonds. The topological polar surface area (TPSA) is 71.8 Å². The van der Waals surface area contributed by atoms with Gasteiger partial charge in [0, 0.05) is 12.1 Å². The average Bonchev–Trinajstić information content (AvgIpc) is 3.11. The Morgan fingerprint density at radius 2 is 1.90 bits per heavy atom. The van der Waals surface area contributed by atoms with Gasteiger partial charge in [-0.15, -0.1) is 10.2 Å². The van der Waals surface area contributed by atoms with Crippen LogP contribution in [0.3, 0.4) is 0 Å². The third kappa shape index (κ3) is 4.12. The van der Waals surface area contributed by atoms with E-state index in [1.54, 1.807) is 12.1 Å². The fraction of sp³-hybridized carbons (Fsp3) is 0.286. The standard InChI is InChI=1S/C21H22FN5OS/c1-3-4-17-24-25-21-27(17)26-18(14-7-9-15(22)10-8-14)19(29-21)20(28)23-16-11-5-13(2)6-12-16/h5-12,18-19,26H,3-4H2,1-2H3,(H,23,28). The maximum Gasteiger partial charge on any atom is 0.240 e. The second-order valence-electron chi connectivity index (χ2n) is 7.04. The second-order valence-corrected chi connectivity index (χ2v) is 8.14. The van der Waals surface area contributed by atoms with Crippen LogP contribution >= 0.6 is 11.8 Å². The predicted molar refractivity (Wildman–Crippen MR) is 112 cm³/mol. The number of aromatic nitrogens is 3. The molecule has 0 radical (unpaired) electrons. The molecule has 0 bridgehead atoms. The Kier molecular flexibility index (Phi) is 5.53. The van der Waals surface area contributed by atoms with Crippen LogP contribution in [0.5, 0.6) is 0 Å². The fourth-order valence-corrected chi connectivity index (χ4v) is 4.35. The van der Waals surface area contributed by atoms with Crippen LogP contribution in [0.15, 0.2) is 53.7 Å². The smallest absolute Gasteiger partial charge is 0.240 e. The maximum atomic E-state index is 13.5. The number of aryl methyl sites for hydroxylation is 2. The van der Waals surface area contributed by atoms with Crippen molar-refractivity contribution in [2.45, 2.75) is 43.1 Å². The molecular weight excluding hydrogens is 389 g/mol. The Bertz CT molecular complexity index is 1000. The largest absolute Gasteiger partial charge is 0.325 e. The van der Waals surface area contributed by atoms with Gasteiger partial charge in [0.2, 0.25) is 11.1 Å². The number of hydrogen-bond donors (Lipinski definition) is 2. The van der Waals surface area contributed by atoms with Crippen LogP contribution in [0.1, 0.15) is 36.3 Å². The number of halogens is 1. The van der Waals surface area contributed by atoms with Crippen LogP contribution in [0, 0.1) is 12.7 Å². The summed E-state index contributed by atoms with van der Waals surface area (Å²) in [5.41, 5.74) is 6.06. The highest BCUT2D eigenvalue weighted by Crippen LogP contribution is 2.37. The van der Waals surface area contributed by atoms with E-state index < -0.39 is 5.25 Å². The van der Waals surface area contributed by atoms with Crippen molar-refractivity contribution in [2.24, 2.45) is 0 Å². The minimum absolute atomic E-state index is 0.146. The van der Waals surface area contributed by atoms with Gasteiger partial charge < -0.3 is 10.7 Å². The van der Waals surface area contributed by atoms with Crippen molar-refractivity contribution >= 4 is 23.4 Å². The first-order valence-electron chi connectivity index (χ1n) is 9.55. The SMILES string of the molecule is CCCc1nnc2n1NC(c1ccc(F)cc1)C(C(=O)Nc1ccc(C)cc1)S2. The lowest BCUT2D eigenvalue weighted by Crippen LogP contribution is -2.41. The maximum absolute atomic E-state index is 13.5. The Labute approximate surface area is 172 Å². The number of amides is 1. The monoisotopic (exact) mass is 411 g/mol. The molecule has 6 nitrogen and oxygen atoms in total. The minimum Gasteiger partial charge on any atom is -0.325 e. The van der Waals surface area contributed by atoms with E-state index in [1.165, 1.54) is 23.9 Å². The van der Waals surface area contributed by atoms with Crippen LogP contribution in [-0.2, 0) is 11.2 Å². The summed E-state index contributed by atoms with van der Waals surface area (Å²) in [6.07, 6.45) is 1.71. The lowest BCUT2D eigenvalue weighted by Gasteiger charge is -2.33. The van der Waals surface area contributed by atoms with E-state index >= 15 is 0 Å². The van der Waals surface area contributed by atoms with E-state index in [-0.39, 0.29) is 17.8 Å². The van der Waals surface area contributed by atoms with Gasteiger partial charge in [-0.05, 0) is 43.2 Å². The van der Waals surface area contributed by atoms with Gasteiger partial charge in [-0.1, -0.05) is 48.5 Å². The molecule has 150 valence electrons. The number of rotatable bonds is 5. The summed E-state index contributed by atoms with van der Waals surface area (Å²) in [5.74, 6) is 0.362. The first kappa shape index (κ1) is 19.4. The van der Waals surface area contributed by atoms with E-state index in [4.69, 9.17) is 0 Å². The van der Waals surface area contributed by atoms with Gasteiger partial charge in [0.25, 0.3) is 0 Å². The summed E-state index contributed by atoms with van der Waals surface area (Å²) in [4.78, 5) is 13.1. The highest BCUT2D eigenvalue weighted by Gasteiger charge is 2.37. The quantitative estimate of drug-likeness (QED) is 0.662. The zero-order valence-corrected chi connectivity index (χ0v) is 17.0. The highest BCUT2D eigenvalue weighted by molar-refractivity contribution is 8.00. The van der Waals surface area contributed by atoms with Crippen LogP contribution in [-0.4, -0.2) is 26.0 Å². The van der Waals surface area contributed by atoms with Crippen LogP contribution in [0.2, 0.25) is 0 Å². The summed E-state index contributed by atoms with van der Waals surface area (Å²) in [5, 5.41) is 11.6. The number of carbonyl (C=O) groups is 1. The Hall–Kier alpha value is -2.87. The summed E-state index contributed by atoms with van der Waals surface area (Å²) in [7, 11) is 0. The van der Waals surface area contributed by atoms with E-state index in [0.717, 1.165) is 35.5 Å². The molecule has 2 N–H and O–H groups in total. The van der Waals surface area contributed by atoms with E-state index in [1.807, 2.05) is 35.9 Å². The van der Waals surface area contributed by atoms with E-state index in [9.17, 15) is 9.18 Å². The van der Waals surface area contributed by atoms with Gasteiger partial charge in [-0.2, -0.15) is 0 Å². The van der Waals surface area contributed by atoms with E-state index in [2.05, 4.69) is 27.9 Å². The molecule has 2 unspecified atom stereocenters. The van der Waals surface area contributed by atoms with Gasteiger partial charge in [-0.3, -0.25) is 4.79 Å². The number of nitrogens with one attached hydrogen (secondary N) is 2. The average molecular weight is 412 g/mol. The van der Waals surface area contributed by atoms with Gasteiger partial charge >= 0.3 is 0 Å². The normalized spacial score (nSPS) is 18.0. The first-order chi connectivity index (χ1) is 14.0. The van der Waals surface area contributed by atoms with E-state index in [0.29, 0.717) is 5.16 Å². The first-order valence-corrected chi connectivity index (χ1v) is 10.4. The number of anilines is 1. The summed E-state index contributed by atoms with van der Waals surface area (Å²) >= 11 is 1.36. The molecule has 2 aromatic carbocycles. The van der Waals surface area contributed by atoms with Gasteiger partial charge in [0.15, 0.2) is 5.82 Å². The summed E-state index contributed by atoms with van der Waals surface area (Å²) in [6.45, 7) is 4.07. The van der Waals surface area contributed by atoms with Gasteiger partial charge in [-0.25, -0.2) is 9.07 Å². The zero-order chi connectivity index (χ0) is 20.4. The van der Waals surface area contributed by atoms with Gasteiger partial charge in [0.1, 0.15) is 11.1 Å². The van der Waals surface area contributed by atoms with Crippen molar-refractivity contribution in [2.75, 3.05) is 10.7 Å². The molecule has 0 fully saturated rings. The number of benzene rings is 2. The van der Waals surface area contributed by atoms with Crippen LogP contribution in [0.4, 0.5) is 10.1 Å². The molecule has 4 rings (SSSR count). The number of nitrogens with zero attached hydrogens (tertiary/aromatic N) is 3. The molecule has 1 aliphatic heterocycles. The number of carbonyl (C=O) groups excluding carboxylic acids is 1. The molecular formula is C21H22FN5OS. The lowest BCUT2D eigenvalue weighted by atomic mass is 10.0. The zero-order valence-electron chi connectivity index (χ0n) is 16.2. The van der Waals surface area contributed by atoms with Crippen molar-refractivity contribution in [3.8, 4) is 0 Å². The number of thioether (sulfide) groups is 1. The molecule has 0 spiro atoms. The van der Waals surface area contributed by atoms with Gasteiger partial charge in [0.05, 0.1) is 6.04 Å². The molecule has 1 aliphatic rings. The van der Waals surface area contributed by atoms with Crippen molar-refractivity contribution in [3.63, 3.8) is 0 Å². The summed E-state index contributed by atoms with van der Waals surface area (Å²) < 4.78 is 15.3. The molecule has 29 heavy (non-hydrogen) atoms. The van der Waals surface area contributed by atoms with Crippen molar-refractivity contribution < 1.29 is 9.18 Å². The Morgan fingerprint density at radius 1 is 1.17 bits per heavy atom. The van der Waals surface area contributed by atoms with Crippen molar-refractivity contribution in [1.82, 2.24) is 14.9 Å². The third-order valence-electron chi connectivity index (χ3n) is 4.78. The Balaban J connectivity index is 1.65. The predicted octanol–water partition coefficient (Wildman–Crippen LogP) is 4.08. The molecule has 0 saturated heterocycles. The second kappa shape index (κ2) is 8.24. The molecule has 2 atom stereocenters. The highest BCUT2D eigenvalue weighted by atomic mass is 32.2. The van der Waals surface area contributed by atoms with Crippen LogP contribution in [0.25, 0.3) is 0 Å².